The van der Waals surface area contributed by atoms with Crippen LogP contribution in [0.3, 0.4) is 0 Å². The van der Waals surface area contributed by atoms with E-state index in [-0.39, 0.29) is 19.1 Å². The van der Waals surface area contributed by atoms with Crippen LogP contribution in [0.1, 0.15) is 19.4 Å². The average Bonchev–Trinajstić information content (AvgIpc) is 3.12. The Morgan fingerprint density at radius 3 is 2.77 bits per heavy atom. The number of tetrazole rings is 1. The van der Waals surface area contributed by atoms with E-state index >= 15 is 0 Å². The number of ether oxygens (including phenoxy) is 1. The summed E-state index contributed by atoms with van der Waals surface area (Å²) in [5, 5.41) is 22.0. The first-order chi connectivity index (χ1) is 12.5. The third-order valence-corrected chi connectivity index (χ3v) is 4.39. The van der Waals surface area contributed by atoms with Crippen molar-refractivity contribution in [1.29, 1.82) is 0 Å². The maximum absolute atomic E-state index is 12.8. The number of aromatic nitrogens is 4. The van der Waals surface area contributed by atoms with Gasteiger partial charge in [0.15, 0.2) is 12.1 Å². The zero-order valence-corrected chi connectivity index (χ0v) is 14.8. The lowest BCUT2D eigenvalue weighted by Gasteiger charge is -2.32. The molecule has 2 atom stereocenters. The van der Waals surface area contributed by atoms with Gasteiger partial charge < -0.3 is 14.7 Å². The number of carboxylic acids is 1. The molecule has 0 saturated carbocycles. The molecule has 0 bridgehead atoms. The van der Waals surface area contributed by atoms with Crippen molar-refractivity contribution in [3.05, 3.63) is 29.3 Å². The highest BCUT2D eigenvalue weighted by molar-refractivity contribution is 6.30. The Morgan fingerprint density at radius 2 is 2.12 bits per heavy atom. The minimum Gasteiger partial charge on any atom is -0.479 e. The maximum atomic E-state index is 12.8. The smallest absolute Gasteiger partial charge is 0.334 e. The molecule has 0 unspecified atom stereocenters. The number of nitrogens with zero attached hydrogens (tertiary/aromatic N) is 5. The normalized spacial score (nSPS) is 18.5. The molecule has 1 amide bonds. The summed E-state index contributed by atoms with van der Waals surface area (Å²) in [5.74, 6) is -0.945. The van der Waals surface area contributed by atoms with Gasteiger partial charge in [-0.3, -0.25) is 4.79 Å². The second kappa shape index (κ2) is 7.79. The highest BCUT2D eigenvalue weighted by Crippen LogP contribution is 2.20. The minimum atomic E-state index is -1.08. The molecule has 0 aliphatic carbocycles. The molecule has 0 radical (unpaired) electrons. The van der Waals surface area contributed by atoms with Gasteiger partial charge in [0.1, 0.15) is 0 Å². The van der Waals surface area contributed by atoms with Crippen LogP contribution in [-0.2, 0) is 14.3 Å². The highest BCUT2D eigenvalue weighted by atomic mass is 35.5. The lowest BCUT2D eigenvalue weighted by molar-refractivity contribution is -0.160. The van der Waals surface area contributed by atoms with Crippen molar-refractivity contribution in [3.8, 4) is 11.4 Å². The van der Waals surface area contributed by atoms with Gasteiger partial charge in [0.2, 0.25) is 11.7 Å². The van der Waals surface area contributed by atoms with Gasteiger partial charge in [-0.05, 0) is 35.9 Å². The summed E-state index contributed by atoms with van der Waals surface area (Å²) in [5.41, 5.74) is 0.736. The van der Waals surface area contributed by atoms with Crippen molar-refractivity contribution in [2.24, 2.45) is 0 Å². The number of benzene rings is 1. The molecule has 3 rings (SSSR count). The lowest BCUT2D eigenvalue weighted by atomic mass is 10.1. The zero-order chi connectivity index (χ0) is 18.7. The molecule has 10 heteroatoms. The van der Waals surface area contributed by atoms with E-state index in [1.165, 1.54) is 9.70 Å². The number of hydrogen-bond acceptors (Lipinski definition) is 6. The molecular formula is C16H18ClN5O4. The molecule has 2 aromatic rings. The molecule has 1 aromatic carbocycles. The van der Waals surface area contributed by atoms with Crippen LogP contribution in [0.2, 0.25) is 5.02 Å². The van der Waals surface area contributed by atoms with Gasteiger partial charge in [-0.25, -0.2) is 4.79 Å². The van der Waals surface area contributed by atoms with Crippen molar-refractivity contribution < 1.29 is 19.4 Å². The second-order valence-corrected chi connectivity index (χ2v) is 6.28. The van der Waals surface area contributed by atoms with Crippen molar-refractivity contribution in [3.63, 3.8) is 0 Å². The summed E-state index contributed by atoms with van der Waals surface area (Å²) in [6, 6.07) is 6.33. The van der Waals surface area contributed by atoms with Crippen LogP contribution in [0.4, 0.5) is 0 Å². The van der Waals surface area contributed by atoms with E-state index in [9.17, 15) is 9.59 Å². The largest absolute Gasteiger partial charge is 0.479 e. The third kappa shape index (κ3) is 3.83. The van der Waals surface area contributed by atoms with Crippen molar-refractivity contribution in [2.75, 3.05) is 19.7 Å². The number of rotatable bonds is 5. The van der Waals surface area contributed by atoms with Gasteiger partial charge in [0.25, 0.3) is 0 Å². The highest BCUT2D eigenvalue weighted by Gasteiger charge is 2.33. The van der Waals surface area contributed by atoms with Crippen LogP contribution < -0.4 is 0 Å². The molecule has 2 heterocycles. The number of aliphatic carboxylic acids is 1. The van der Waals surface area contributed by atoms with E-state index < -0.39 is 18.1 Å². The van der Waals surface area contributed by atoms with Crippen LogP contribution >= 0.6 is 11.6 Å². The van der Waals surface area contributed by atoms with Crippen LogP contribution in [0, 0.1) is 0 Å². The summed E-state index contributed by atoms with van der Waals surface area (Å²) in [6.07, 6.45) is -0.566. The summed E-state index contributed by atoms with van der Waals surface area (Å²) in [7, 11) is 0. The van der Waals surface area contributed by atoms with Gasteiger partial charge in [-0.2, -0.15) is 4.80 Å². The van der Waals surface area contributed by atoms with Crippen LogP contribution in [-0.4, -0.2) is 67.9 Å². The van der Waals surface area contributed by atoms with E-state index in [2.05, 4.69) is 15.4 Å². The molecule has 9 nitrogen and oxygen atoms in total. The van der Waals surface area contributed by atoms with Gasteiger partial charge >= 0.3 is 5.97 Å². The first kappa shape index (κ1) is 18.3. The first-order valence-corrected chi connectivity index (χ1v) is 8.56. The number of carbonyl (C=O) groups is 2. The van der Waals surface area contributed by atoms with Gasteiger partial charge in [-0.1, -0.05) is 18.5 Å². The quantitative estimate of drug-likeness (QED) is 0.832. The van der Waals surface area contributed by atoms with Crippen molar-refractivity contribution in [1.82, 2.24) is 25.1 Å². The predicted molar refractivity (Wildman–Crippen MR) is 91.5 cm³/mol. The Balaban J connectivity index is 1.77. The molecule has 1 aromatic heterocycles. The van der Waals surface area contributed by atoms with Crippen LogP contribution in [0.5, 0.6) is 0 Å². The molecule has 0 spiro atoms. The summed E-state index contributed by atoms with van der Waals surface area (Å²) < 4.78 is 5.16. The number of halogens is 1. The molecule has 138 valence electrons. The summed E-state index contributed by atoms with van der Waals surface area (Å²) >= 11 is 5.88. The summed E-state index contributed by atoms with van der Waals surface area (Å²) in [6.45, 7) is 2.35. The van der Waals surface area contributed by atoms with Crippen LogP contribution in [0.15, 0.2) is 24.3 Å². The predicted octanol–water partition coefficient (Wildman–Crippen LogP) is 1.26. The van der Waals surface area contributed by atoms with E-state index in [0.29, 0.717) is 23.8 Å². The van der Waals surface area contributed by atoms with E-state index in [1.807, 2.05) is 6.92 Å². The maximum Gasteiger partial charge on any atom is 0.334 e. The summed E-state index contributed by atoms with van der Waals surface area (Å²) in [4.78, 5) is 26.7. The fourth-order valence-electron chi connectivity index (χ4n) is 2.72. The zero-order valence-electron chi connectivity index (χ0n) is 14.1. The van der Waals surface area contributed by atoms with E-state index in [1.54, 1.807) is 24.3 Å². The van der Waals surface area contributed by atoms with Gasteiger partial charge in [-0.15, -0.1) is 10.2 Å². The van der Waals surface area contributed by atoms with Gasteiger partial charge in [0, 0.05) is 17.1 Å². The number of hydrogen-bond donors (Lipinski definition) is 1. The number of amides is 1. The SMILES string of the molecule is CC[C@H](C(=O)N1CCO[C@@H](C(=O)O)C1)n1nnc(-c2ccc(Cl)cc2)n1. The Labute approximate surface area is 154 Å². The van der Waals surface area contributed by atoms with Gasteiger partial charge in [0.05, 0.1) is 13.2 Å². The molecule has 1 saturated heterocycles. The Kier molecular flexibility index (Phi) is 5.48. The first-order valence-electron chi connectivity index (χ1n) is 8.18. The van der Waals surface area contributed by atoms with Crippen molar-refractivity contribution in [2.45, 2.75) is 25.5 Å². The van der Waals surface area contributed by atoms with E-state index in [4.69, 9.17) is 21.4 Å². The monoisotopic (exact) mass is 379 g/mol. The molecule has 1 aliphatic heterocycles. The Bertz CT molecular complexity index is 794. The molecule has 1 aliphatic rings. The number of carbonyl (C=O) groups excluding carboxylic acids is 1. The molecule has 1 fully saturated rings. The van der Waals surface area contributed by atoms with Crippen molar-refractivity contribution >= 4 is 23.5 Å². The van der Waals surface area contributed by atoms with Crippen LogP contribution in [0.25, 0.3) is 11.4 Å². The fourth-order valence-corrected chi connectivity index (χ4v) is 2.84. The second-order valence-electron chi connectivity index (χ2n) is 5.85. The fraction of sp³-hybridized carbons (Fsp3) is 0.438. The standard InChI is InChI=1S/C16H18ClN5O4/c1-2-12(15(23)21-7-8-26-13(9-21)16(24)25)22-19-14(18-20-22)10-3-5-11(17)6-4-10/h3-6,12-13H,2,7-9H2,1H3,(H,24,25)/t12-,13-/m1/s1. The Hall–Kier alpha value is -2.52. The number of morpholine rings is 1. The number of carboxylic acid groups (broad SMARTS) is 1. The lowest BCUT2D eigenvalue weighted by Crippen LogP contribution is -2.50. The molecule has 1 N–H and O–H groups in total. The molecular weight excluding hydrogens is 362 g/mol. The molecule has 26 heavy (non-hydrogen) atoms. The van der Waals surface area contributed by atoms with E-state index in [0.717, 1.165) is 5.56 Å². The third-order valence-electron chi connectivity index (χ3n) is 4.13. The Morgan fingerprint density at radius 1 is 1.38 bits per heavy atom. The topological polar surface area (TPSA) is 110 Å². The average molecular weight is 380 g/mol. The minimum absolute atomic E-state index is 0.00338.